The first-order valence-electron chi connectivity index (χ1n) is 14.5. The van der Waals surface area contributed by atoms with Crippen LogP contribution in [0.1, 0.15) is 91.5 Å². The van der Waals surface area contributed by atoms with Gasteiger partial charge in [-0.3, -0.25) is 4.79 Å². The predicted molar refractivity (Wildman–Crippen MR) is 159 cm³/mol. The van der Waals surface area contributed by atoms with Gasteiger partial charge in [-0.2, -0.15) is 18.2 Å². The number of fused-ring (bicyclic) bond motifs is 3. The Morgan fingerprint density at radius 1 is 1.00 bits per heavy atom. The maximum absolute atomic E-state index is 11.8. The Morgan fingerprint density at radius 3 is 2.35 bits per heavy atom. The topological polar surface area (TPSA) is 59.4 Å². The van der Waals surface area contributed by atoms with E-state index in [-0.39, 0.29) is 42.5 Å². The van der Waals surface area contributed by atoms with Gasteiger partial charge in [-0.05, 0) is 72.9 Å². The van der Waals surface area contributed by atoms with Crippen LogP contribution >= 0.6 is 0 Å². The summed E-state index contributed by atoms with van der Waals surface area (Å²) in [5, 5.41) is 12.3. The number of hydrogen-bond donors (Lipinski definition) is 1. The van der Waals surface area contributed by atoms with E-state index in [0.717, 1.165) is 30.1 Å². The van der Waals surface area contributed by atoms with E-state index in [9.17, 15) is 9.90 Å². The first-order chi connectivity index (χ1) is 18.6. The molecular weight excluding hydrogens is 675 g/mol. The molecule has 2 saturated carbocycles. The number of carbonyl (C=O) groups excluding carboxylic acids is 1. The molecule has 0 saturated heterocycles. The molecule has 5 rings (SSSR count). The average molecular weight is 719 g/mol. The number of rotatable bonds is 8. The number of ether oxygens (including phenoxy) is 1. The third-order valence-electron chi connectivity index (χ3n) is 9.22. The molecule has 3 aromatic rings. The zero-order valence-corrected chi connectivity index (χ0v) is 27.2. The van der Waals surface area contributed by atoms with Gasteiger partial charge in [0.25, 0.3) is 0 Å². The van der Waals surface area contributed by atoms with Crippen molar-refractivity contribution < 1.29 is 34.7 Å². The zero-order chi connectivity index (χ0) is 28.2. The maximum atomic E-state index is 11.8. The van der Waals surface area contributed by atoms with Crippen LogP contribution in [0.3, 0.4) is 0 Å². The molecule has 5 heteroatoms. The minimum Gasteiger partial charge on any atom is -0.512 e. The number of aromatic nitrogens is 1. The fraction of sp³-hybridized carbons (Fsp3) is 0.486. The summed E-state index contributed by atoms with van der Waals surface area (Å²) >= 11 is 0. The molecule has 2 fully saturated rings. The number of aliphatic hydroxyl groups excluding tert-OH is 1. The van der Waals surface area contributed by atoms with E-state index in [2.05, 4.69) is 35.3 Å². The summed E-state index contributed by atoms with van der Waals surface area (Å²) in [4.78, 5) is 16.3. The van der Waals surface area contributed by atoms with Crippen molar-refractivity contribution >= 4 is 16.6 Å². The van der Waals surface area contributed by atoms with Crippen molar-refractivity contribution in [3.63, 3.8) is 0 Å². The Bertz CT molecular complexity index is 1310. The Hall–Kier alpha value is -2.49. The maximum Gasteiger partial charge on any atom is 0.224 e. The van der Waals surface area contributed by atoms with Gasteiger partial charge < -0.3 is 9.84 Å². The minimum atomic E-state index is -0.377. The normalized spacial score (nSPS) is 20.4. The Labute approximate surface area is 254 Å². The van der Waals surface area contributed by atoms with Crippen molar-refractivity contribution in [1.82, 2.24) is 4.98 Å². The van der Waals surface area contributed by atoms with Gasteiger partial charge in [0.15, 0.2) is 5.78 Å². The second-order valence-electron chi connectivity index (χ2n) is 12.5. The molecule has 0 spiro atoms. The first kappa shape index (κ1) is 32.0. The quantitative estimate of drug-likeness (QED) is 0.143. The third kappa shape index (κ3) is 7.22. The summed E-state index contributed by atoms with van der Waals surface area (Å²) in [6.45, 7) is 11.7. The van der Waals surface area contributed by atoms with Crippen LogP contribution in [-0.4, -0.2) is 15.9 Å². The monoisotopic (exact) mass is 719 g/mol. The molecule has 0 aliphatic heterocycles. The van der Waals surface area contributed by atoms with Gasteiger partial charge in [0.2, 0.25) is 5.88 Å². The molecule has 2 bridgehead atoms. The molecule has 1 N–H and O–H groups in total. The number of allylic oxidation sites excluding steroid dienone is 2. The van der Waals surface area contributed by atoms with Gasteiger partial charge in [-0.1, -0.05) is 60.1 Å². The number of carbonyl (C=O) groups is 1. The molecule has 1 heterocycles. The summed E-state index contributed by atoms with van der Waals surface area (Å²) in [5.41, 5.74) is 0.807. The van der Waals surface area contributed by atoms with Crippen LogP contribution < -0.4 is 4.74 Å². The number of aliphatic hydroxyl groups is 1. The Morgan fingerprint density at radius 2 is 1.75 bits per heavy atom. The molecule has 1 aromatic heterocycles. The van der Waals surface area contributed by atoms with E-state index in [0.29, 0.717) is 17.5 Å². The minimum absolute atomic E-state index is 0. The van der Waals surface area contributed by atoms with Crippen molar-refractivity contribution in [2.45, 2.75) is 86.0 Å². The SMILES string of the molecule is CCC(C)(C)C(=O)/C=C(\O)C(C)(C)CC.[Ir].[c-]1ccccc1Oc1nccc2c(C3CC4CCC3C4)cccc12. The van der Waals surface area contributed by atoms with Gasteiger partial charge in [0.1, 0.15) is 5.76 Å². The fourth-order valence-electron chi connectivity index (χ4n) is 5.65. The molecule has 2 aliphatic rings. The first-order valence-corrected chi connectivity index (χ1v) is 14.5. The molecular formula is C35H44IrNO3-. The van der Waals surface area contributed by atoms with Crippen LogP contribution in [0.5, 0.6) is 11.6 Å². The molecule has 3 atom stereocenters. The number of pyridine rings is 1. The van der Waals surface area contributed by atoms with E-state index in [4.69, 9.17) is 4.74 Å². The summed E-state index contributed by atoms with van der Waals surface area (Å²) in [6, 6.07) is 19.5. The van der Waals surface area contributed by atoms with Crippen molar-refractivity contribution in [2.75, 3.05) is 0 Å². The molecule has 2 aromatic carbocycles. The molecule has 2 aliphatic carbocycles. The Kier molecular flexibility index (Phi) is 10.8. The summed E-state index contributed by atoms with van der Waals surface area (Å²) in [7, 11) is 0. The van der Waals surface area contributed by atoms with Gasteiger partial charge in [0, 0.05) is 54.3 Å². The number of nitrogens with zero attached hydrogens (tertiary/aromatic N) is 1. The van der Waals surface area contributed by atoms with Crippen LogP contribution in [0.15, 0.2) is 66.6 Å². The van der Waals surface area contributed by atoms with E-state index in [1.54, 1.807) is 0 Å². The van der Waals surface area contributed by atoms with Crippen molar-refractivity contribution in [2.24, 2.45) is 22.7 Å². The third-order valence-corrected chi connectivity index (χ3v) is 9.22. The number of hydrogen-bond acceptors (Lipinski definition) is 4. The van der Waals surface area contributed by atoms with Crippen molar-refractivity contribution in [1.29, 1.82) is 0 Å². The van der Waals surface area contributed by atoms with Crippen LogP contribution in [0.4, 0.5) is 0 Å². The van der Waals surface area contributed by atoms with Gasteiger partial charge in [0.05, 0.1) is 0 Å². The summed E-state index contributed by atoms with van der Waals surface area (Å²) in [6.07, 6.45) is 10.5. The predicted octanol–water partition coefficient (Wildman–Crippen LogP) is 9.60. The fourth-order valence-corrected chi connectivity index (χ4v) is 5.65. The van der Waals surface area contributed by atoms with Gasteiger partial charge >= 0.3 is 0 Å². The second-order valence-corrected chi connectivity index (χ2v) is 12.5. The second kappa shape index (κ2) is 13.4. The van der Waals surface area contributed by atoms with Crippen LogP contribution in [-0.2, 0) is 24.9 Å². The van der Waals surface area contributed by atoms with Crippen molar-refractivity contribution in [3.8, 4) is 11.6 Å². The summed E-state index contributed by atoms with van der Waals surface area (Å²) < 4.78 is 6.00. The standard InChI is InChI=1S/C22H20NO.C13H24O2.Ir/c1-2-5-17(6-3-1)24-22-20-8-4-7-18(19(20)11-12-23-22)21-14-15-9-10-16(21)13-15;1-7-12(3,4)10(14)9-11(15)13(5,6)8-2;/h1-5,7-8,11-12,15-16,21H,9-10,13-14H2;9,14H,7-8H2,1-6H3;/q-1;;/b;10-9-;. The van der Waals surface area contributed by atoms with Crippen LogP contribution in [0.25, 0.3) is 10.8 Å². The molecule has 40 heavy (non-hydrogen) atoms. The largest absolute Gasteiger partial charge is 0.512 e. The molecule has 3 unspecified atom stereocenters. The number of ketones is 1. The van der Waals surface area contributed by atoms with Crippen LogP contribution in [0.2, 0.25) is 0 Å². The molecule has 4 nitrogen and oxygen atoms in total. The van der Waals surface area contributed by atoms with E-state index >= 15 is 0 Å². The zero-order valence-electron chi connectivity index (χ0n) is 24.8. The van der Waals surface area contributed by atoms with Crippen LogP contribution in [0, 0.1) is 28.7 Å². The van der Waals surface area contributed by atoms with Gasteiger partial charge in [-0.15, -0.1) is 12.1 Å². The Balaban J connectivity index is 0.000000243. The van der Waals surface area contributed by atoms with E-state index in [1.165, 1.54) is 42.7 Å². The number of para-hydroxylation sites is 1. The molecule has 217 valence electrons. The number of benzene rings is 2. The van der Waals surface area contributed by atoms with E-state index < -0.39 is 0 Å². The molecule has 0 amide bonds. The molecule has 1 radical (unpaired) electrons. The van der Waals surface area contributed by atoms with Crippen molar-refractivity contribution in [3.05, 3.63) is 78.2 Å². The smallest absolute Gasteiger partial charge is 0.224 e. The summed E-state index contributed by atoms with van der Waals surface area (Å²) in [5.74, 6) is 4.13. The van der Waals surface area contributed by atoms with Gasteiger partial charge in [-0.25, -0.2) is 4.98 Å². The van der Waals surface area contributed by atoms with E-state index in [1.807, 2.05) is 72.0 Å². The average Bonchev–Trinajstić information content (AvgIpc) is 3.58.